The zero-order valence-electron chi connectivity index (χ0n) is 16.5. The zero-order chi connectivity index (χ0) is 22.2. The van der Waals surface area contributed by atoms with Gasteiger partial charge in [0.2, 0.25) is 5.75 Å². The van der Waals surface area contributed by atoms with Crippen LogP contribution in [0.15, 0.2) is 29.3 Å². The first-order chi connectivity index (χ1) is 14.6. The Morgan fingerprint density at radius 1 is 1.29 bits per heavy atom. The third-order valence-corrected chi connectivity index (χ3v) is 7.37. The number of sulfone groups is 1. The molecule has 2 aliphatic rings. The van der Waals surface area contributed by atoms with Crippen molar-refractivity contribution in [1.82, 2.24) is 14.5 Å². The molecular formula is C20H16F2N4O4S. The Morgan fingerprint density at radius 3 is 2.68 bits per heavy atom. The second-order valence-electron chi connectivity index (χ2n) is 7.57. The van der Waals surface area contributed by atoms with E-state index in [4.69, 9.17) is 0 Å². The number of fused-ring (bicyclic) bond motifs is 3. The van der Waals surface area contributed by atoms with Gasteiger partial charge in [-0.05, 0) is 43.5 Å². The first-order valence-electron chi connectivity index (χ1n) is 9.53. The standard InChI is InChI=1S/C20H16F2N4O4S/c1-3-31(27,28)15-8-12(19(10-23)6-7-19)9-24-18(15)26-11(2)25-16-13(26)4-5-14-17(16)30-20(21,22)29-14/h4-5,8-9H,3,6-7H2,1-2H3. The van der Waals surface area contributed by atoms with Crippen LogP contribution in [0, 0.1) is 18.3 Å². The van der Waals surface area contributed by atoms with Gasteiger partial charge in [0.25, 0.3) is 0 Å². The molecule has 0 atom stereocenters. The summed E-state index contributed by atoms with van der Waals surface area (Å²) in [5.41, 5.74) is 0.276. The van der Waals surface area contributed by atoms with Gasteiger partial charge in [0.1, 0.15) is 16.2 Å². The summed E-state index contributed by atoms with van der Waals surface area (Å²) in [5, 5.41) is 9.50. The monoisotopic (exact) mass is 446 g/mol. The fraction of sp³-hybridized carbons (Fsp3) is 0.350. The van der Waals surface area contributed by atoms with E-state index in [9.17, 15) is 22.5 Å². The van der Waals surface area contributed by atoms with Crippen molar-refractivity contribution in [3.8, 4) is 23.4 Å². The summed E-state index contributed by atoms with van der Waals surface area (Å²) in [5.74, 6) is -0.130. The number of halogens is 2. The molecule has 0 saturated heterocycles. The molecule has 5 rings (SSSR count). The van der Waals surface area contributed by atoms with Crippen LogP contribution in [0.5, 0.6) is 11.5 Å². The Balaban J connectivity index is 1.76. The highest BCUT2D eigenvalue weighted by Gasteiger charge is 2.47. The molecule has 1 saturated carbocycles. The largest absolute Gasteiger partial charge is 0.586 e. The quantitative estimate of drug-likeness (QED) is 0.604. The molecule has 0 amide bonds. The molecule has 0 unspecified atom stereocenters. The lowest BCUT2D eigenvalue weighted by atomic mass is 10.00. The van der Waals surface area contributed by atoms with Crippen LogP contribution in [0.3, 0.4) is 0 Å². The number of rotatable bonds is 4. The van der Waals surface area contributed by atoms with E-state index in [0.717, 1.165) is 0 Å². The molecule has 31 heavy (non-hydrogen) atoms. The van der Waals surface area contributed by atoms with Crippen molar-refractivity contribution < 1.29 is 26.7 Å². The van der Waals surface area contributed by atoms with E-state index >= 15 is 0 Å². The Morgan fingerprint density at radius 2 is 2.03 bits per heavy atom. The second-order valence-corrected chi connectivity index (χ2v) is 9.81. The Kier molecular flexibility index (Phi) is 3.90. The summed E-state index contributed by atoms with van der Waals surface area (Å²) in [6.07, 6.45) is -1.03. The number of ether oxygens (including phenoxy) is 2. The van der Waals surface area contributed by atoms with Crippen LogP contribution in [-0.2, 0) is 15.3 Å². The van der Waals surface area contributed by atoms with Crippen molar-refractivity contribution in [1.29, 1.82) is 5.26 Å². The van der Waals surface area contributed by atoms with E-state index < -0.39 is 21.5 Å². The van der Waals surface area contributed by atoms with Crippen LogP contribution in [0.2, 0.25) is 0 Å². The van der Waals surface area contributed by atoms with Gasteiger partial charge in [-0.15, -0.1) is 8.78 Å². The lowest BCUT2D eigenvalue weighted by molar-refractivity contribution is -0.286. The summed E-state index contributed by atoms with van der Waals surface area (Å²) in [4.78, 5) is 8.67. The van der Waals surface area contributed by atoms with E-state index in [-0.39, 0.29) is 33.5 Å². The first kappa shape index (κ1) is 19.7. The number of imidazole rings is 1. The Labute approximate surface area is 176 Å². The molecule has 11 heteroatoms. The minimum absolute atomic E-state index is 0.0422. The van der Waals surface area contributed by atoms with Crippen molar-refractivity contribution in [3.63, 3.8) is 0 Å². The fourth-order valence-electron chi connectivity index (χ4n) is 3.77. The summed E-state index contributed by atoms with van der Waals surface area (Å²) in [6, 6.07) is 6.54. The van der Waals surface area contributed by atoms with Crippen molar-refractivity contribution >= 4 is 20.9 Å². The summed E-state index contributed by atoms with van der Waals surface area (Å²) >= 11 is 0. The highest BCUT2D eigenvalue weighted by molar-refractivity contribution is 7.91. The van der Waals surface area contributed by atoms with Gasteiger partial charge in [-0.3, -0.25) is 4.57 Å². The van der Waals surface area contributed by atoms with Crippen molar-refractivity contribution in [3.05, 3.63) is 35.8 Å². The number of hydrogen-bond acceptors (Lipinski definition) is 7. The average molecular weight is 446 g/mol. The number of nitrogens with zero attached hydrogens (tertiary/aromatic N) is 4. The molecule has 3 aromatic rings. The smallest absolute Gasteiger partial charge is 0.395 e. The molecule has 160 valence electrons. The number of alkyl halides is 2. The van der Waals surface area contributed by atoms with Gasteiger partial charge in [-0.2, -0.15) is 5.26 Å². The van der Waals surface area contributed by atoms with E-state index in [0.29, 0.717) is 29.7 Å². The Hall–Kier alpha value is -3.26. The van der Waals surface area contributed by atoms with E-state index in [1.807, 2.05) is 0 Å². The van der Waals surface area contributed by atoms with Gasteiger partial charge in [-0.1, -0.05) is 6.92 Å². The van der Waals surface area contributed by atoms with Gasteiger partial charge < -0.3 is 9.47 Å². The molecule has 0 N–H and O–H groups in total. The fourth-order valence-corrected chi connectivity index (χ4v) is 4.81. The van der Waals surface area contributed by atoms with E-state index in [1.54, 1.807) is 6.92 Å². The van der Waals surface area contributed by atoms with Crippen LogP contribution >= 0.6 is 0 Å². The Bertz CT molecular complexity index is 1400. The van der Waals surface area contributed by atoms with Gasteiger partial charge in [0, 0.05) is 6.20 Å². The number of nitriles is 1. The van der Waals surface area contributed by atoms with E-state index in [1.165, 1.54) is 35.9 Å². The van der Waals surface area contributed by atoms with E-state index in [2.05, 4.69) is 25.5 Å². The maximum Gasteiger partial charge on any atom is 0.586 e. The SMILES string of the molecule is CCS(=O)(=O)c1cc(C2(C#N)CC2)cnc1-n1c(C)nc2c3c(ccc21)OC(F)(F)O3. The minimum Gasteiger partial charge on any atom is -0.395 e. The number of hydrogen-bond donors (Lipinski definition) is 0. The number of benzene rings is 1. The predicted molar refractivity (Wildman–Crippen MR) is 104 cm³/mol. The normalized spacial score (nSPS) is 18.2. The molecule has 1 fully saturated rings. The maximum atomic E-state index is 13.6. The zero-order valence-corrected chi connectivity index (χ0v) is 17.3. The highest BCUT2D eigenvalue weighted by atomic mass is 32.2. The van der Waals surface area contributed by atoms with Gasteiger partial charge in [0.05, 0.1) is 22.8 Å². The van der Waals surface area contributed by atoms with Gasteiger partial charge in [0.15, 0.2) is 21.4 Å². The topological polar surface area (TPSA) is 107 Å². The molecule has 2 aromatic heterocycles. The average Bonchev–Trinajstić information content (AvgIpc) is 3.36. The number of pyridine rings is 1. The lowest BCUT2D eigenvalue weighted by Gasteiger charge is -2.15. The van der Waals surface area contributed by atoms with Crippen LogP contribution < -0.4 is 9.47 Å². The van der Waals surface area contributed by atoms with Crippen molar-refractivity contribution in [2.75, 3.05) is 5.75 Å². The third kappa shape index (κ3) is 2.85. The summed E-state index contributed by atoms with van der Waals surface area (Å²) in [6.45, 7) is 3.12. The molecule has 8 nitrogen and oxygen atoms in total. The maximum absolute atomic E-state index is 13.6. The highest BCUT2D eigenvalue weighted by Crippen LogP contribution is 2.49. The summed E-state index contributed by atoms with van der Waals surface area (Å²) in [7, 11) is -3.73. The molecular weight excluding hydrogens is 430 g/mol. The van der Waals surface area contributed by atoms with Crippen molar-refractivity contribution in [2.45, 2.75) is 43.3 Å². The lowest BCUT2D eigenvalue weighted by Crippen LogP contribution is -2.26. The van der Waals surface area contributed by atoms with Crippen LogP contribution in [-0.4, -0.2) is 35.0 Å². The number of aromatic nitrogens is 3. The van der Waals surface area contributed by atoms with Crippen molar-refractivity contribution in [2.24, 2.45) is 0 Å². The van der Waals surface area contributed by atoms with Crippen LogP contribution in [0.25, 0.3) is 16.9 Å². The second kappa shape index (κ2) is 6.13. The molecule has 3 heterocycles. The third-order valence-electron chi connectivity index (χ3n) is 5.64. The predicted octanol–water partition coefficient (Wildman–Crippen LogP) is 3.40. The summed E-state index contributed by atoms with van der Waals surface area (Å²) < 4.78 is 63.5. The van der Waals surface area contributed by atoms with Crippen LogP contribution in [0.1, 0.15) is 31.2 Å². The van der Waals surface area contributed by atoms with Gasteiger partial charge >= 0.3 is 6.29 Å². The number of aryl methyl sites for hydroxylation is 1. The first-order valence-corrected chi connectivity index (χ1v) is 11.2. The molecule has 0 spiro atoms. The molecule has 1 aliphatic heterocycles. The molecule has 0 bridgehead atoms. The van der Waals surface area contributed by atoms with Crippen LogP contribution in [0.4, 0.5) is 8.78 Å². The van der Waals surface area contributed by atoms with Gasteiger partial charge in [-0.25, -0.2) is 18.4 Å². The molecule has 1 aliphatic carbocycles. The molecule has 0 radical (unpaired) electrons. The molecule has 1 aromatic carbocycles. The minimum atomic E-state index is -3.80.